The van der Waals surface area contributed by atoms with E-state index >= 15 is 0 Å². The second-order valence-electron chi connectivity index (χ2n) is 2.57. The van der Waals surface area contributed by atoms with Crippen LogP contribution in [0.3, 0.4) is 0 Å². The summed E-state index contributed by atoms with van der Waals surface area (Å²) in [6.45, 7) is 1.61. The monoisotopic (exact) mass is 249 g/mol. The van der Waals surface area contributed by atoms with Crippen LogP contribution >= 0.6 is 15.9 Å². The molecule has 0 spiro atoms. The van der Waals surface area contributed by atoms with Gasteiger partial charge in [0.15, 0.2) is 0 Å². The lowest BCUT2D eigenvalue weighted by molar-refractivity contribution is -0.390. The number of nitro groups is 1. The molecule has 7 heteroatoms. The standard InChI is InChI=1S/C6H8BrN3O3/c1-4(3-11)9-2-5(7)6(8-9)10(12)13/h2,4,11H,3H2,1H3. The van der Waals surface area contributed by atoms with Crippen LogP contribution in [-0.2, 0) is 0 Å². The van der Waals surface area contributed by atoms with Crippen LogP contribution in [0.25, 0.3) is 0 Å². The molecular formula is C6H8BrN3O3. The van der Waals surface area contributed by atoms with Gasteiger partial charge in [0.25, 0.3) is 0 Å². The Bertz CT molecular complexity index is 325. The molecule has 6 nitrogen and oxygen atoms in total. The first-order valence-electron chi connectivity index (χ1n) is 3.56. The largest absolute Gasteiger partial charge is 0.404 e. The fourth-order valence-electron chi connectivity index (χ4n) is 0.793. The molecule has 1 rings (SSSR count). The summed E-state index contributed by atoms with van der Waals surface area (Å²) in [5.41, 5.74) is 0. The summed E-state index contributed by atoms with van der Waals surface area (Å²) in [5, 5.41) is 22.9. The van der Waals surface area contributed by atoms with Crippen LogP contribution < -0.4 is 0 Å². The maximum Gasteiger partial charge on any atom is 0.404 e. The summed E-state index contributed by atoms with van der Waals surface area (Å²) in [7, 11) is 0. The van der Waals surface area contributed by atoms with Crippen LogP contribution in [0.2, 0.25) is 0 Å². The zero-order valence-corrected chi connectivity index (χ0v) is 8.43. The van der Waals surface area contributed by atoms with E-state index in [0.29, 0.717) is 4.47 Å². The second-order valence-corrected chi connectivity index (χ2v) is 3.42. The van der Waals surface area contributed by atoms with E-state index in [1.54, 1.807) is 6.92 Å². The van der Waals surface area contributed by atoms with Crippen molar-refractivity contribution >= 4 is 21.7 Å². The number of aromatic nitrogens is 2. The minimum atomic E-state index is -0.579. The molecule has 1 atom stereocenters. The normalized spacial score (nSPS) is 12.8. The highest BCUT2D eigenvalue weighted by Crippen LogP contribution is 2.23. The molecule has 1 heterocycles. The van der Waals surface area contributed by atoms with E-state index in [9.17, 15) is 10.1 Å². The average Bonchev–Trinajstić information content (AvgIpc) is 2.46. The van der Waals surface area contributed by atoms with Gasteiger partial charge in [-0.3, -0.25) is 0 Å². The van der Waals surface area contributed by atoms with E-state index < -0.39 is 4.92 Å². The number of hydrogen-bond acceptors (Lipinski definition) is 4. The van der Waals surface area contributed by atoms with Crippen molar-refractivity contribution in [2.75, 3.05) is 6.61 Å². The Morgan fingerprint density at radius 3 is 2.92 bits per heavy atom. The highest BCUT2D eigenvalue weighted by Gasteiger charge is 2.20. The molecule has 0 bridgehead atoms. The van der Waals surface area contributed by atoms with E-state index in [1.807, 2.05) is 0 Å². The summed E-state index contributed by atoms with van der Waals surface area (Å²) < 4.78 is 1.67. The molecule has 0 saturated carbocycles. The smallest absolute Gasteiger partial charge is 0.394 e. The summed E-state index contributed by atoms with van der Waals surface area (Å²) in [5.74, 6) is -0.236. The van der Waals surface area contributed by atoms with Crippen molar-refractivity contribution in [3.8, 4) is 0 Å². The number of aliphatic hydroxyl groups is 1. The van der Waals surface area contributed by atoms with Crippen molar-refractivity contribution < 1.29 is 10.0 Å². The van der Waals surface area contributed by atoms with Crippen molar-refractivity contribution in [2.45, 2.75) is 13.0 Å². The molecule has 72 valence electrons. The summed E-state index contributed by atoms with van der Waals surface area (Å²) in [4.78, 5) is 9.80. The molecule has 0 amide bonds. The number of rotatable bonds is 3. The molecule has 0 aliphatic rings. The van der Waals surface area contributed by atoms with Gasteiger partial charge in [-0.2, -0.15) is 4.68 Å². The minimum Gasteiger partial charge on any atom is -0.394 e. The number of halogens is 1. The van der Waals surface area contributed by atoms with Gasteiger partial charge in [0.1, 0.15) is 4.47 Å². The maximum atomic E-state index is 10.4. The van der Waals surface area contributed by atoms with Gasteiger partial charge < -0.3 is 15.2 Å². The highest BCUT2D eigenvalue weighted by molar-refractivity contribution is 9.10. The molecule has 0 fully saturated rings. The van der Waals surface area contributed by atoms with Crippen molar-refractivity contribution in [1.29, 1.82) is 0 Å². The number of aliphatic hydroxyl groups excluding tert-OH is 1. The van der Waals surface area contributed by atoms with Crippen LogP contribution in [0, 0.1) is 10.1 Å². The Morgan fingerprint density at radius 1 is 1.92 bits per heavy atom. The van der Waals surface area contributed by atoms with E-state index in [4.69, 9.17) is 5.11 Å². The van der Waals surface area contributed by atoms with E-state index in [2.05, 4.69) is 21.0 Å². The molecule has 0 radical (unpaired) electrons. The molecular weight excluding hydrogens is 242 g/mol. The van der Waals surface area contributed by atoms with Gasteiger partial charge in [-0.25, -0.2) is 0 Å². The van der Waals surface area contributed by atoms with Crippen molar-refractivity contribution in [2.24, 2.45) is 0 Å². The van der Waals surface area contributed by atoms with Crippen LogP contribution in [0.15, 0.2) is 10.7 Å². The Kier molecular flexibility index (Phi) is 2.99. The second kappa shape index (κ2) is 3.84. The van der Waals surface area contributed by atoms with Gasteiger partial charge in [-0.05, 0) is 27.8 Å². The van der Waals surface area contributed by atoms with Gasteiger partial charge in [-0.1, -0.05) is 0 Å². The van der Waals surface area contributed by atoms with Crippen LogP contribution in [0.4, 0.5) is 5.82 Å². The zero-order valence-electron chi connectivity index (χ0n) is 6.85. The molecule has 1 N–H and O–H groups in total. The van der Waals surface area contributed by atoms with Crippen LogP contribution in [-0.4, -0.2) is 26.4 Å². The topological polar surface area (TPSA) is 81.2 Å². The molecule has 1 aromatic rings. The van der Waals surface area contributed by atoms with Crippen molar-refractivity contribution in [3.63, 3.8) is 0 Å². The third-order valence-corrected chi connectivity index (χ3v) is 2.12. The molecule has 0 aromatic carbocycles. The summed E-state index contributed by atoms with van der Waals surface area (Å²) in [6, 6.07) is -0.259. The highest BCUT2D eigenvalue weighted by atomic mass is 79.9. The predicted molar refractivity (Wildman–Crippen MR) is 48.4 cm³/mol. The Labute approximate surface area is 82.4 Å². The van der Waals surface area contributed by atoms with Crippen LogP contribution in [0.5, 0.6) is 0 Å². The summed E-state index contributed by atoms with van der Waals surface area (Å²) >= 11 is 3.01. The number of hydrogen-bond donors (Lipinski definition) is 1. The Morgan fingerprint density at radius 2 is 2.54 bits per heavy atom. The van der Waals surface area contributed by atoms with Gasteiger partial charge in [0.05, 0.1) is 23.9 Å². The van der Waals surface area contributed by atoms with Crippen molar-refractivity contribution in [3.05, 3.63) is 20.8 Å². The van der Waals surface area contributed by atoms with Gasteiger partial charge >= 0.3 is 5.82 Å². The first kappa shape index (κ1) is 10.1. The van der Waals surface area contributed by atoms with Gasteiger partial charge in [0.2, 0.25) is 0 Å². The van der Waals surface area contributed by atoms with Gasteiger partial charge in [-0.15, -0.1) is 0 Å². The number of nitrogens with zero attached hydrogens (tertiary/aromatic N) is 3. The SMILES string of the molecule is CC(CO)n1cc(Br)c([N+](=O)[O-])n1. The molecule has 13 heavy (non-hydrogen) atoms. The average molecular weight is 250 g/mol. The Balaban J connectivity index is 3.01. The molecule has 0 aliphatic carbocycles. The predicted octanol–water partition coefficient (Wildman–Crippen LogP) is 1.11. The van der Waals surface area contributed by atoms with Crippen molar-refractivity contribution in [1.82, 2.24) is 9.78 Å². The summed E-state index contributed by atoms with van der Waals surface area (Å²) in [6.07, 6.45) is 1.47. The maximum absolute atomic E-state index is 10.4. The molecule has 1 aromatic heterocycles. The first-order valence-corrected chi connectivity index (χ1v) is 4.35. The first-order chi connectivity index (χ1) is 6.06. The van der Waals surface area contributed by atoms with E-state index in [0.717, 1.165) is 0 Å². The fourth-order valence-corrected chi connectivity index (χ4v) is 1.23. The lowest BCUT2D eigenvalue weighted by atomic mass is 10.4. The molecule has 0 saturated heterocycles. The third-order valence-electron chi connectivity index (χ3n) is 1.56. The van der Waals surface area contributed by atoms with Gasteiger partial charge in [0, 0.05) is 0 Å². The lowest BCUT2D eigenvalue weighted by Gasteiger charge is -2.01. The molecule has 1 unspecified atom stereocenters. The third kappa shape index (κ3) is 2.04. The Hall–Kier alpha value is -0.950. The quantitative estimate of drug-likeness (QED) is 0.643. The van der Waals surface area contributed by atoms with E-state index in [-0.39, 0.29) is 18.5 Å². The lowest BCUT2D eigenvalue weighted by Crippen LogP contribution is -2.09. The van der Waals surface area contributed by atoms with E-state index in [1.165, 1.54) is 10.9 Å². The molecule has 0 aliphatic heterocycles. The minimum absolute atomic E-state index is 0.106. The zero-order chi connectivity index (χ0) is 10.0. The van der Waals surface area contributed by atoms with Crippen LogP contribution in [0.1, 0.15) is 13.0 Å². The fraction of sp³-hybridized carbons (Fsp3) is 0.500.